The lowest BCUT2D eigenvalue weighted by molar-refractivity contribution is 0.0760. The molecule has 1 aromatic rings. The predicted octanol–water partition coefficient (Wildman–Crippen LogP) is 3.23. The van der Waals surface area contributed by atoms with Crippen molar-refractivity contribution in [1.82, 2.24) is 20.0 Å². The molecule has 3 rings (SSSR count). The van der Waals surface area contributed by atoms with E-state index < -0.39 is 0 Å². The van der Waals surface area contributed by atoms with Crippen LogP contribution < -0.4 is 5.32 Å². The van der Waals surface area contributed by atoms with Crippen molar-refractivity contribution in [2.24, 2.45) is 0 Å². The predicted molar refractivity (Wildman–Crippen MR) is 86.7 cm³/mol. The third-order valence-corrected chi connectivity index (χ3v) is 5.73. The molecule has 2 fully saturated rings. The monoisotopic (exact) mass is 310 g/mol. The largest absolute Gasteiger partial charge is 0.310 e. The summed E-state index contributed by atoms with van der Waals surface area (Å²) in [5.74, 6) is 0. The van der Waals surface area contributed by atoms with Crippen LogP contribution in [0, 0.1) is 0 Å². The molecule has 118 valence electrons. The molecule has 2 aliphatic rings. The number of likely N-dealkylation sites (tertiary alicyclic amines) is 1. The maximum atomic E-state index is 6.50. The minimum atomic E-state index is 0.224. The van der Waals surface area contributed by atoms with Crippen LogP contribution in [0.1, 0.15) is 57.2 Å². The summed E-state index contributed by atoms with van der Waals surface area (Å²) in [6, 6.07) is 0.271. The van der Waals surface area contributed by atoms with Gasteiger partial charge in [-0.25, -0.2) is 0 Å². The number of likely N-dealkylation sites (N-methyl/N-ethyl adjacent to an activating group) is 1. The molecule has 1 aliphatic heterocycles. The van der Waals surface area contributed by atoms with Crippen molar-refractivity contribution in [2.45, 2.75) is 63.6 Å². The van der Waals surface area contributed by atoms with Crippen LogP contribution in [-0.2, 0) is 6.54 Å². The topological polar surface area (TPSA) is 33.1 Å². The van der Waals surface area contributed by atoms with E-state index in [-0.39, 0.29) is 11.6 Å². The molecule has 0 aromatic carbocycles. The fourth-order valence-corrected chi connectivity index (χ4v) is 4.76. The molecular formula is C16H27ClN4. The zero-order valence-electron chi connectivity index (χ0n) is 13.2. The zero-order valence-corrected chi connectivity index (χ0v) is 14.0. The normalized spacial score (nSPS) is 23.8. The van der Waals surface area contributed by atoms with Gasteiger partial charge in [0.15, 0.2) is 0 Å². The smallest absolute Gasteiger partial charge is 0.0834 e. The van der Waals surface area contributed by atoms with Gasteiger partial charge in [-0.05, 0) is 52.7 Å². The number of aryl methyl sites for hydroxylation is 1. The molecule has 1 aliphatic carbocycles. The van der Waals surface area contributed by atoms with Crippen LogP contribution in [0.15, 0.2) is 6.20 Å². The molecular weight excluding hydrogens is 284 g/mol. The fraction of sp³-hybridized carbons (Fsp3) is 0.812. The molecule has 1 atom stereocenters. The number of nitrogens with zero attached hydrogens (tertiary/aromatic N) is 3. The highest BCUT2D eigenvalue weighted by atomic mass is 35.5. The number of halogens is 1. The van der Waals surface area contributed by atoms with E-state index in [1.807, 2.05) is 0 Å². The van der Waals surface area contributed by atoms with Gasteiger partial charge in [-0.3, -0.25) is 9.58 Å². The number of hydrogen-bond donors (Lipinski definition) is 1. The van der Waals surface area contributed by atoms with Gasteiger partial charge < -0.3 is 5.32 Å². The van der Waals surface area contributed by atoms with Gasteiger partial charge in [-0.1, -0.05) is 24.4 Å². The van der Waals surface area contributed by atoms with Crippen molar-refractivity contribution in [3.05, 3.63) is 16.9 Å². The highest BCUT2D eigenvalue weighted by Gasteiger charge is 2.48. The van der Waals surface area contributed by atoms with E-state index in [4.69, 9.17) is 11.6 Å². The van der Waals surface area contributed by atoms with Crippen molar-refractivity contribution in [1.29, 1.82) is 0 Å². The molecule has 1 aromatic heterocycles. The molecule has 0 spiro atoms. The number of nitrogens with one attached hydrogen (secondary N) is 1. The summed E-state index contributed by atoms with van der Waals surface area (Å²) in [4.78, 5) is 2.73. The van der Waals surface area contributed by atoms with Gasteiger partial charge in [0, 0.05) is 12.1 Å². The number of aromatic nitrogens is 2. The molecule has 2 heterocycles. The number of hydrogen-bond acceptors (Lipinski definition) is 3. The van der Waals surface area contributed by atoms with Crippen molar-refractivity contribution in [2.75, 3.05) is 20.1 Å². The maximum Gasteiger partial charge on any atom is 0.0834 e. The third-order valence-electron chi connectivity index (χ3n) is 5.44. The summed E-state index contributed by atoms with van der Waals surface area (Å²) in [7, 11) is 2.07. The Balaban J connectivity index is 2.01. The van der Waals surface area contributed by atoms with Crippen molar-refractivity contribution >= 4 is 11.6 Å². The van der Waals surface area contributed by atoms with Crippen molar-refractivity contribution in [3.63, 3.8) is 0 Å². The minimum absolute atomic E-state index is 0.224. The minimum Gasteiger partial charge on any atom is -0.310 e. The van der Waals surface area contributed by atoms with Crippen LogP contribution in [0.25, 0.3) is 0 Å². The highest BCUT2D eigenvalue weighted by molar-refractivity contribution is 6.31. The van der Waals surface area contributed by atoms with Gasteiger partial charge in [-0.15, -0.1) is 0 Å². The van der Waals surface area contributed by atoms with Crippen LogP contribution in [0.4, 0.5) is 0 Å². The SMILES string of the molecule is CCn1ncc(Cl)c1C(NC)C1(N2CCCC2)CCCC1. The Bertz CT molecular complexity index is 473. The summed E-state index contributed by atoms with van der Waals surface area (Å²) < 4.78 is 2.07. The Labute approximate surface area is 132 Å². The van der Waals surface area contributed by atoms with E-state index in [9.17, 15) is 0 Å². The summed E-state index contributed by atoms with van der Waals surface area (Å²) in [6.45, 7) is 5.47. The second kappa shape index (κ2) is 6.27. The van der Waals surface area contributed by atoms with Gasteiger partial charge in [0.05, 0.1) is 23.0 Å². The van der Waals surface area contributed by atoms with Crippen LogP contribution in [0.3, 0.4) is 0 Å². The van der Waals surface area contributed by atoms with E-state index in [0.717, 1.165) is 11.6 Å². The lowest BCUT2D eigenvalue weighted by atomic mass is 9.84. The fourth-order valence-electron chi connectivity index (χ4n) is 4.51. The van der Waals surface area contributed by atoms with Gasteiger partial charge in [0.1, 0.15) is 0 Å². The summed E-state index contributed by atoms with van der Waals surface area (Å²) in [6.07, 6.45) is 9.65. The zero-order chi connectivity index (χ0) is 14.9. The Morgan fingerprint density at radius 2 is 1.95 bits per heavy atom. The Hall–Kier alpha value is -0.580. The van der Waals surface area contributed by atoms with E-state index in [2.05, 4.69) is 34.0 Å². The standard InChI is InChI=1S/C16H27ClN4/c1-3-21-14(13(17)12-19-21)15(18-2)16(8-4-5-9-16)20-10-6-7-11-20/h12,15,18H,3-11H2,1-2H3. The summed E-state index contributed by atoms with van der Waals surface area (Å²) >= 11 is 6.50. The lowest BCUT2D eigenvalue weighted by Crippen LogP contribution is -2.54. The molecule has 1 saturated carbocycles. The van der Waals surface area contributed by atoms with E-state index in [1.54, 1.807) is 6.20 Å². The van der Waals surface area contributed by atoms with E-state index in [0.29, 0.717) is 0 Å². The average Bonchev–Trinajstić information content (AvgIpc) is 3.21. The van der Waals surface area contributed by atoms with Crippen LogP contribution >= 0.6 is 11.6 Å². The molecule has 1 N–H and O–H groups in total. The van der Waals surface area contributed by atoms with Crippen molar-refractivity contribution < 1.29 is 0 Å². The molecule has 0 bridgehead atoms. The Morgan fingerprint density at radius 1 is 1.29 bits per heavy atom. The first-order valence-corrected chi connectivity index (χ1v) is 8.74. The first kappa shape index (κ1) is 15.3. The van der Waals surface area contributed by atoms with Gasteiger partial charge >= 0.3 is 0 Å². The van der Waals surface area contributed by atoms with Crippen LogP contribution in [0.2, 0.25) is 5.02 Å². The Kier molecular flexibility index (Phi) is 4.57. The van der Waals surface area contributed by atoms with E-state index >= 15 is 0 Å². The first-order valence-electron chi connectivity index (χ1n) is 8.36. The van der Waals surface area contributed by atoms with Crippen LogP contribution in [0.5, 0.6) is 0 Å². The maximum absolute atomic E-state index is 6.50. The van der Waals surface area contributed by atoms with E-state index in [1.165, 1.54) is 57.3 Å². The third kappa shape index (κ3) is 2.51. The molecule has 0 radical (unpaired) electrons. The van der Waals surface area contributed by atoms with Gasteiger partial charge in [0.2, 0.25) is 0 Å². The van der Waals surface area contributed by atoms with Gasteiger partial charge in [0.25, 0.3) is 0 Å². The number of rotatable bonds is 5. The Morgan fingerprint density at radius 3 is 2.52 bits per heavy atom. The van der Waals surface area contributed by atoms with Crippen molar-refractivity contribution in [3.8, 4) is 0 Å². The average molecular weight is 311 g/mol. The second-order valence-electron chi connectivity index (χ2n) is 6.42. The summed E-state index contributed by atoms with van der Waals surface area (Å²) in [5.41, 5.74) is 1.40. The molecule has 0 amide bonds. The second-order valence-corrected chi connectivity index (χ2v) is 6.83. The molecule has 21 heavy (non-hydrogen) atoms. The molecule has 4 nitrogen and oxygen atoms in total. The molecule has 1 saturated heterocycles. The highest BCUT2D eigenvalue weighted by Crippen LogP contribution is 2.47. The van der Waals surface area contributed by atoms with Gasteiger partial charge in [-0.2, -0.15) is 5.10 Å². The first-order chi connectivity index (χ1) is 10.2. The molecule has 1 unspecified atom stereocenters. The lowest BCUT2D eigenvalue weighted by Gasteiger charge is -2.45. The summed E-state index contributed by atoms with van der Waals surface area (Å²) in [5, 5.41) is 8.86. The quantitative estimate of drug-likeness (QED) is 0.906. The van der Waals surface area contributed by atoms with Crippen LogP contribution in [-0.4, -0.2) is 40.4 Å². The molecule has 5 heteroatoms.